The van der Waals surface area contributed by atoms with Gasteiger partial charge in [0, 0.05) is 11.1 Å². The van der Waals surface area contributed by atoms with Crippen molar-refractivity contribution >= 4 is 11.9 Å². The average Bonchev–Trinajstić information content (AvgIpc) is 2.50. The number of carboxylic acid groups (broad SMARTS) is 2. The Balaban J connectivity index is 3.07. The molecule has 0 heterocycles. The van der Waals surface area contributed by atoms with E-state index in [4.69, 9.17) is 0 Å². The van der Waals surface area contributed by atoms with Crippen LogP contribution in [0.2, 0.25) is 0 Å². The first-order chi connectivity index (χ1) is 11.1. The second-order valence-electron chi connectivity index (χ2n) is 4.61. The number of hydrogen-bond donors (Lipinski definition) is 8. The number of rotatable bonds is 3. The first-order valence-electron chi connectivity index (χ1n) is 6.11. The molecule has 0 aromatic heterocycles. The van der Waals surface area contributed by atoms with Crippen molar-refractivity contribution in [2.24, 2.45) is 0 Å². The lowest BCUT2D eigenvalue weighted by Crippen LogP contribution is -2.06. The third-order valence-electron chi connectivity index (χ3n) is 3.25. The Labute approximate surface area is 132 Å². The van der Waals surface area contributed by atoms with Gasteiger partial charge in [0.25, 0.3) is 0 Å². The smallest absolute Gasteiger partial charge is 0.340 e. The number of benzene rings is 2. The molecule has 126 valence electrons. The minimum absolute atomic E-state index is 0.627. The lowest BCUT2D eigenvalue weighted by Gasteiger charge is -2.16. The van der Waals surface area contributed by atoms with Crippen molar-refractivity contribution in [2.45, 2.75) is 0 Å². The van der Waals surface area contributed by atoms with Crippen LogP contribution in [0.5, 0.6) is 34.5 Å². The molecule has 10 nitrogen and oxygen atoms in total. The van der Waals surface area contributed by atoms with Crippen LogP contribution >= 0.6 is 0 Å². The molecule has 0 saturated heterocycles. The van der Waals surface area contributed by atoms with Gasteiger partial charge in [0.1, 0.15) is 11.1 Å². The van der Waals surface area contributed by atoms with Crippen molar-refractivity contribution in [1.29, 1.82) is 0 Å². The van der Waals surface area contributed by atoms with Crippen molar-refractivity contribution in [1.82, 2.24) is 0 Å². The molecule has 24 heavy (non-hydrogen) atoms. The minimum atomic E-state index is -1.86. The topological polar surface area (TPSA) is 196 Å². The summed E-state index contributed by atoms with van der Waals surface area (Å²) in [6, 6.07) is 1.65. The maximum absolute atomic E-state index is 11.3. The number of phenolic OH excluding ortho intramolecular Hbond substituents is 4. The van der Waals surface area contributed by atoms with E-state index < -0.39 is 68.7 Å². The molecule has 0 amide bonds. The molecule has 0 radical (unpaired) electrons. The Bertz CT molecular complexity index is 884. The Morgan fingerprint density at radius 1 is 0.625 bits per heavy atom. The van der Waals surface area contributed by atoms with Crippen molar-refractivity contribution < 1.29 is 50.4 Å². The summed E-state index contributed by atoms with van der Waals surface area (Å²) < 4.78 is 0. The van der Waals surface area contributed by atoms with Crippen molar-refractivity contribution in [3.05, 3.63) is 23.3 Å². The summed E-state index contributed by atoms with van der Waals surface area (Å²) in [4.78, 5) is 22.7. The molecule has 0 bridgehead atoms. The molecule has 0 aliphatic rings. The summed E-state index contributed by atoms with van der Waals surface area (Å²) in [5.74, 6) is -10.8. The fourth-order valence-corrected chi connectivity index (χ4v) is 2.17. The summed E-state index contributed by atoms with van der Waals surface area (Å²) in [5, 5.41) is 76.1. The van der Waals surface area contributed by atoms with Gasteiger partial charge in [-0.05, 0) is 12.1 Å². The molecule has 0 aliphatic heterocycles. The van der Waals surface area contributed by atoms with Crippen molar-refractivity contribution in [2.75, 3.05) is 0 Å². The Morgan fingerprint density at radius 2 is 1.12 bits per heavy atom. The lowest BCUT2D eigenvalue weighted by atomic mass is 9.92. The number of phenols is 6. The van der Waals surface area contributed by atoms with E-state index in [0.29, 0.717) is 0 Å². The molecule has 0 unspecified atom stereocenters. The van der Waals surface area contributed by atoms with Gasteiger partial charge in [-0.15, -0.1) is 0 Å². The third-order valence-corrected chi connectivity index (χ3v) is 3.25. The largest absolute Gasteiger partial charge is 0.504 e. The van der Waals surface area contributed by atoms with Crippen LogP contribution in [0.4, 0.5) is 0 Å². The fourth-order valence-electron chi connectivity index (χ4n) is 2.17. The molecular weight excluding hydrogens is 328 g/mol. The van der Waals surface area contributed by atoms with Crippen LogP contribution in [-0.4, -0.2) is 52.8 Å². The van der Waals surface area contributed by atoms with Crippen molar-refractivity contribution in [3.8, 4) is 45.6 Å². The van der Waals surface area contributed by atoms with Gasteiger partial charge in [-0.3, -0.25) is 0 Å². The normalized spacial score (nSPS) is 10.5. The van der Waals surface area contributed by atoms with E-state index >= 15 is 0 Å². The number of aromatic hydroxyl groups is 6. The van der Waals surface area contributed by atoms with Crippen LogP contribution in [0.3, 0.4) is 0 Å². The zero-order valence-electron chi connectivity index (χ0n) is 11.5. The minimum Gasteiger partial charge on any atom is -0.504 e. The Hall–Kier alpha value is -3.82. The molecule has 8 N–H and O–H groups in total. The average molecular weight is 338 g/mol. The Morgan fingerprint density at radius 3 is 1.62 bits per heavy atom. The van der Waals surface area contributed by atoms with Crippen LogP contribution in [0, 0.1) is 0 Å². The summed E-state index contributed by atoms with van der Waals surface area (Å²) in [5.41, 5.74) is -3.60. The predicted octanol–water partition coefficient (Wildman–Crippen LogP) is 0.984. The van der Waals surface area contributed by atoms with E-state index in [1.807, 2.05) is 0 Å². The molecule has 0 saturated carbocycles. The predicted molar refractivity (Wildman–Crippen MR) is 75.8 cm³/mol. The number of hydrogen-bond acceptors (Lipinski definition) is 8. The second-order valence-corrected chi connectivity index (χ2v) is 4.61. The first-order valence-corrected chi connectivity index (χ1v) is 6.11. The summed E-state index contributed by atoms with van der Waals surface area (Å²) in [6.07, 6.45) is 0. The maximum Gasteiger partial charge on any atom is 0.340 e. The van der Waals surface area contributed by atoms with Gasteiger partial charge in [0.05, 0.1) is 0 Å². The van der Waals surface area contributed by atoms with Gasteiger partial charge in [-0.1, -0.05) is 0 Å². The summed E-state index contributed by atoms with van der Waals surface area (Å²) in [6.45, 7) is 0. The van der Waals surface area contributed by atoms with E-state index in [9.17, 15) is 50.4 Å². The van der Waals surface area contributed by atoms with Gasteiger partial charge in [-0.25, -0.2) is 9.59 Å². The molecule has 0 spiro atoms. The standard InChI is InChI=1S/C14H10O10/c15-4-2-1-3(6(8(4)16)13(21)22)5-7(14(23)24)10(18)12(20)11(19)9(5)17/h1-2,15-20H,(H,21,22)(H,23,24). The zero-order valence-corrected chi connectivity index (χ0v) is 11.5. The second kappa shape index (κ2) is 5.43. The highest BCUT2D eigenvalue weighted by atomic mass is 16.4. The molecule has 2 aromatic rings. The van der Waals surface area contributed by atoms with E-state index in [-0.39, 0.29) is 0 Å². The van der Waals surface area contributed by atoms with E-state index in [2.05, 4.69) is 0 Å². The van der Waals surface area contributed by atoms with Gasteiger partial charge < -0.3 is 40.9 Å². The van der Waals surface area contributed by atoms with Crippen LogP contribution in [0.25, 0.3) is 11.1 Å². The van der Waals surface area contributed by atoms with E-state index in [1.165, 1.54) is 0 Å². The molecule has 2 rings (SSSR count). The fraction of sp³-hybridized carbons (Fsp3) is 0. The van der Waals surface area contributed by atoms with Gasteiger partial charge in [-0.2, -0.15) is 0 Å². The highest BCUT2D eigenvalue weighted by Gasteiger charge is 2.32. The van der Waals surface area contributed by atoms with Crippen LogP contribution < -0.4 is 0 Å². The van der Waals surface area contributed by atoms with Gasteiger partial charge in [0.2, 0.25) is 11.5 Å². The first kappa shape index (κ1) is 16.5. The zero-order chi connectivity index (χ0) is 18.3. The van der Waals surface area contributed by atoms with E-state index in [0.717, 1.165) is 12.1 Å². The Kier molecular flexibility index (Phi) is 3.74. The SMILES string of the molecule is O=C(O)c1c(-c2c(O)c(O)c(O)c(O)c2C(=O)O)ccc(O)c1O. The molecule has 0 aliphatic carbocycles. The lowest BCUT2D eigenvalue weighted by molar-refractivity contribution is 0.0679. The molecule has 0 atom stereocenters. The summed E-state index contributed by atoms with van der Waals surface area (Å²) >= 11 is 0. The molecule has 2 aromatic carbocycles. The summed E-state index contributed by atoms with van der Waals surface area (Å²) in [7, 11) is 0. The van der Waals surface area contributed by atoms with Gasteiger partial charge >= 0.3 is 11.9 Å². The van der Waals surface area contributed by atoms with Gasteiger partial charge in [0.15, 0.2) is 23.0 Å². The quantitative estimate of drug-likeness (QED) is 0.295. The van der Waals surface area contributed by atoms with E-state index in [1.54, 1.807) is 0 Å². The monoisotopic (exact) mass is 338 g/mol. The van der Waals surface area contributed by atoms with Crippen LogP contribution in [0.1, 0.15) is 20.7 Å². The number of carbonyl (C=O) groups is 2. The number of aromatic carboxylic acids is 2. The van der Waals surface area contributed by atoms with Crippen molar-refractivity contribution in [3.63, 3.8) is 0 Å². The number of carboxylic acids is 2. The van der Waals surface area contributed by atoms with Crippen LogP contribution in [-0.2, 0) is 0 Å². The molecular formula is C14H10O10. The highest BCUT2D eigenvalue weighted by molar-refractivity contribution is 6.08. The molecule has 10 heteroatoms. The highest BCUT2D eigenvalue weighted by Crippen LogP contribution is 2.52. The molecule has 0 fully saturated rings. The third kappa shape index (κ3) is 2.22. The maximum atomic E-state index is 11.3. The van der Waals surface area contributed by atoms with Crippen LogP contribution in [0.15, 0.2) is 12.1 Å².